The highest BCUT2D eigenvalue weighted by Gasteiger charge is 2.34. The second-order valence-corrected chi connectivity index (χ2v) is 6.58. The third kappa shape index (κ3) is 2.84. The van der Waals surface area contributed by atoms with Gasteiger partial charge in [0.15, 0.2) is 0 Å². The van der Waals surface area contributed by atoms with E-state index < -0.39 is 10.0 Å². The highest BCUT2D eigenvalue weighted by molar-refractivity contribution is 7.90. The molecule has 0 aromatic rings. The van der Waals surface area contributed by atoms with Crippen LogP contribution >= 0.6 is 11.6 Å². The highest BCUT2D eigenvalue weighted by Crippen LogP contribution is 2.19. The molecule has 90 valence electrons. The summed E-state index contributed by atoms with van der Waals surface area (Å²) >= 11 is 5.47. The van der Waals surface area contributed by atoms with Crippen LogP contribution in [0, 0.1) is 0 Å². The average Bonchev–Trinajstić information content (AvgIpc) is 2.20. The van der Waals surface area contributed by atoms with Crippen molar-refractivity contribution in [1.29, 1.82) is 0 Å². The molecule has 1 aliphatic heterocycles. The Morgan fingerprint density at radius 1 is 1.27 bits per heavy atom. The first-order chi connectivity index (χ1) is 6.92. The normalized spacial score (nSPS) is 30.7. The third-order valence-electron chi connectivity index (χ3n) is 2.96. The second-order valence-electron chi connectivity index (χ2n) is 4.08. The lowest BCUT2D eigenvalue weighted by Crippen LogP contribution is -2.57. The van der Waals surface area contributed by atoms with Crippen molar-refractivity contribution < 1.29 is 8.42 Å². The summed E-state index contributed by atoms with van der Waals surface area (Å²) in [5.41, 5.74) is 0. The number of halogens is 1. The minimum atomic E-state index is -3.26. The van der Waals surface area contributed by atoms with Gasteiger partial charge >= 0.3 is 0 Å². The number of nitrogens with zero attached hydrogens (tertiary/aromatic N) is 2. The molecule has 0 aromatic carbocycles. The van der Waals surface area contributed by atoms with Crippen LogP contribution in [0.25, 0.3) is 0 Å². The fourth-order valence-corrected chi connectivity index (χ4v) is 3.62. The zero-order valence-electron chi connectivity index (χ0n) is 9.48. The maximum absolute atomic E-state index is 11.7. The van der Waals surface area contributed by atoms with Crippen LogP contribution < -0.4 is 0 Å². The Labute approximate surface area is 97.2 Å². The number of sulfonamides is 1. The smallest absolute Gasteiger partial charge is 0.228 e. The molecule has 2 atom stereocenters. The number of rotatable bonds is 3. The second kappa shape index (κ2) is 4.99. The Morgan fingerprint density at radius 2 is 1.87 bits per heavy atom. The van der Waals surface area contributed by atoms with E-state index in [1.807, 2.05) is 13.8 Å². The summed E-state index contributed by atoms with van der Waals surface area (Å²) < 4.78 is 24.9. The molecule has 4 nitrogen and oxygen atoms in total. The quantitative estimate of drug-likeness (QED) is 0.704. The van der Waals surface area contributed by atoms with Crippen molar-refractivity contribution in [2.75, 3.05) is 24.8 Å². The van der Waals surface area contributed by atoms with E-state index in [0.29, 0.717) is 6.54 Å². The van der Waals surface area contributed by atoms with E-state index in [1.165, 1.54) is 4.31 Å². The molecule has 0 spiro atoms. The topological polar surface area (TPSA) is 40.6 Å². The fourth-order valence-electron chi connectivity index (χ4n) is 2.06. The van der Waals surface area contributed by atoms with Crippen molar-refractivity contribution in [3.8, 4) is 0 Å². The first-order valence-corrected chi connectivity index (χ1v) is 7.36. The summed E-state index contributed by atoms with van der Waals surface area (Å²) in [4.78, 5) is 2.28. The van der Waals surface area contributed by atoms with Crippen LogP contribution in [0.1, 0.15) is 20.8 Å². The van der Waals surface area contributed by atoms with Crippen molar-refractivity contribution in [3.63, 3.8) is 0 Å². The predicted molar refractivity (Wildman–Crippen MR) is 62.5 cm³/mol. The SMILES string of the molecule is CCN1CC(C)N(S(=O)(=O)CCl)CC1C. The lowest BCUT2D eigenvalue weighted by Gasteiger charge is -2.42. The third-order valence-corrected chi connectivity index (χ3v) is 5.29. The molecule has 0 aliphatic carbocycles. The molecule has 6 heteroatoms. The molecule has 0 aromatic heterocycles. The first-order valence-electron chi connectivity index (χ1n) is 5.22. The van der Waals surface area contributed by atoms with Gasteiger partial charge in [-0.3, -0.25) is 4.90 Å². The van der Waals surface area contributed by atoms with Gasteiger partial charge in [-0.05, 0) is 20.4 Å². The van der Waals surface area contributed by atoms with Gasteiger partial charge in [0.25, 0.3) is 0 Å². The van der Waals surface area contributed by atoms with Gasteiger partial charge in [-0.1, -0.05) is 6.92 Å². The molecular weight excluding hydrogens is 236 g/mol. The molecule has 2 unspecified atom stereocenters. The van der Waals surface area contributed by atoms with Crippen molar-refractivity contribution in [2.45, 2.75) is 32.9 Å². The van der Waals surface area contributed by atoms with E-state index >= 15 is 0 Å². The molecule has 1 saturated heterocycles. The van der Waals surface area contributed by atoms with Crippen molar-refractivity contribution >= 4 is 21.6 Å². The summed E-state index contributed by atoms with van der Waals surface area (Å²) in [5, 5.41) is -0.323. The molecular formula is C9H19ClN2O2S. The van der Waals surface area contributed by atoms with Crippen LogP contribution in [0.2, 0.25) is 0 Å². The van der Waals surface area contributed by atoms with Crippen molar-refractivity contribution in [3.05, 3.63) is 0 Å². The molecule has 1 rings (SSSR count). The first kappa shape index (κ1) is 13.2. The summed E-state index contributed by atoms with van der Waals surface area (Å²) in [6.07, 6.45) is 0. The molecule has 1 aliphatic rings. The largest absolute Gasteiger partial charge is 0.298 e. The van der Waals surface area contributed by atoms with Gasteiger partial charge in [0.05, 0.1) is 0 Å². The Morgan fingerprint density at radius 3 is 2.33 bits per heavy atom. The number of likely N-dealkylation sites (N-methyl/N-ethyl adjacent to an activating group) is 1. The number of hydrogen-bond donors (Lipinski definition) is 0. The number of alkyl halides is 1. The van der Waals surface area contributed by atoms with Crippen LogP contribution in [0.3, 0.4) is 0 Å². The standard InChI is InChI=1S/C9H19ClN2O2S/c1-4-11-5-9(3)12(6-8(11)2)15(13,14)7-10/h8-9H,4-7H2,1-3H3. The molecule has 0 amide bonds. The van der Waals surface area contributed by atoms with Crippen molar-refractivity contribution in [2.24, 2.45) is 0 Å². The lowest BCUT2D eigenvalue weighted by molar-refractivity contribution is 0.0985. The van der Waals surface area contributed by atoms with Crippen LogP contribution in [-0.4, -0.2) is 54.6 Å². The molecule has 15 heavy (non-hydrogen) atoms. The van der Waals surface area contributed by atoms with E-state index in [-0.39, 0.29) is 17.3 Å². The highest BCUT2D eigenvalue weighted by atomic mass is 35.5. The number of hydrogen-bond acceptors (Lipinski definition) is 3. The van der Waals surface area contributed by atoms with Crippen LogP contribution in [0.15, 0.2) is 0 Å². The zero-order valence-corrected chi connectivity index (χ0v) is 11.1. The van der Waals surface area contributed by atoms with E-state index in [9.17, 15) is 8.42 Å². The van der Waals surface area contributed by atoms with Gasteiger partial charge in [-0.2, -0.15) is 4.31 Å². The zero-order chi connectivity index (χ0) is 11.6. The van der Waals surface area contributed by atoms with Gasteiger partial charge in [0, 0.05) is 25.2 Å². The van der Waals surface area contributed by atoms with Crippen molar-refractivity contribution in [1.82, 2.24) is 9.21 Å². The van der Waals surface area contributed by atoms with E-state index in [4.69, 9.17) is 11.6 Å². The molecule has 1 fully saturated rings. The van der Waals surface area contributed by atoms with Gasteiger partial charge in [0.1, 0.15) is 5.21 Å². The Kier molecular flexibility index (Phi) is 4.40. The monoisotopic (exact) mass is 254 g/mol. The van der Waals surface area contributed by atoms with E-state index in [1.54, 1.807) is 0 Å². The summed E-state index contributed by atoms with van der Waals surface area (Å²) in [7, 11) is -3.26. The Balaban J connectivity index is 2.79. The summed E-state index contributed by atoms with van der Waals surface area (Å²) in [5.74, 6) is 0. The number of piperazine rings is 1. The lowest BCUT2D eigenvalue weighted by atomic mass is 10.1. The van der Waals surface area contributed by atoms with Gasteiger partial charge < -0.3 is 0 Å². The summed E-state index contributed by atoms with van der Waals surface area (Å²) in [6, 6.07) is 0.286. The molecule has 0 radical (unpaired) electrons. The van der Waals surface area contributed by atoms with Crippen LogP contribution in [-0.2, 0) is 10.0 Å². The van der Waals surface area contributed by atoms with E-state index in [0.717, 1.165) is 13.1 Å². The van der Waals surface area contributed by atoms with E-state index in [2.05, 4.69) is 11.8 Å². The molecule has 1 heterocycles. The molecule has 0 saturated carbocycles. The summed E-state index contributed by atoms with van der Waals surface area (Å²) in [6.45, 7) is 8.36. The van der Waals surface area contributed by atoms with Gasteiger partial charge in [-0.15, -0.1) is 11.6 Å². The fraction of sp³-hybridized carbons (Fsp3) is 1.00. The minimum Gasteiger partial charge on any atom is -0.298 e. The van der Waals surface area contributed by atoms with Crippen LogP contribution in [0.4, 0.5) is 0 Å². The maximum atomic E-state index is 11.7. The Bertz CT molecular complexity index is 307. The van der Waals surface area contributed by atoms with Gasteiger partial charge in [-0.25, -0.2) is 8.42 Å². The van der Waals surface area contributed by atoms with Crippen LogP contribution in [0.5, 0.6) is 0 Å². The molecule has 0 bridgehead atoms. The Hall–Kier alpha value is 0.160. The maximum Gasteiger partial charge on any atom is 0.228 e. The van der Waals surface area contributed by atoms with Gasteiger partial charge in [0.2, 0.25) is 10.0 Å². The average molecular weight is 255 g/mol. The molecule has 0 N–H and O–H groups in total. The minimum absolute atomic E-state index is 0.0184. The predicted octanol–water partition coefficient (Wildman–Crippen LogP) is 0.927.